The standard InChI is InChI=1S/C23H28N2O/c26-23(25-14-5-1-2-6-15-25)21-11-9-19(10-12-21)17-24-16-13-20-7-3-4-8-22(20)18-24/h3-4,7-12H,1-2,5-6,13-18H2/p+1. The monoisotopic (exact) mass is 349 g/mol. The quantitative estimate of drug-likeness (QED) is 0.905. The molecule has 2 aromatic rings. The molecule has 1 amide bonds. The zero-order chi connectivity index (χ0) is 17.8. The summed E-state index contributed by atoms with van der Waals surface area (Å²) in [5.74, 6) is 0.206. The van der Waals surface area contributed by atoms with Crippen LogP contribution in [0.3, 0.4) is 0 Å². The molecule has 0 saturated carbocycles. The molecule has 1 N–H and O–H groups in total. The van der Waals surface area contributed by atoms with Gasteiger partial charge in [-0.1, -0.05) is 49.2 Å². The van der Waals surface area contributed by atoms with Crippen molar-refractivity contribution in [1.29, 1.82) is 0 Å². The number of likely N-dealkylation sites (tertiary alicyclic amines) is 1. The van der Waals surface area contributed by atoms with E-state index >= 15 is 0 Å². The second kappa shape index (κ2) is 8.05. The molecule has 3 heteroatoms. The normalized spacial score (nSPS) is 20.3. The van der Waals surface area contributed by atoms with Gasteiger partial charge in [0.25, 0.3) is 5.91 Å². The first-order valence-electron chi connectivity index (χ1n) is 10.1. The van der Waals surface area contributed by atoms with E-state index in [-0.39, 0.29) is 5.91 Å². The summed E-state index contributed by atoms with van der Waals surface area (Å²) in [7, 11) is 0. The molecule has 0 bridgehead atoms. The Balaban J connectivity index is 1.38. The van der Waals surface area contributed by atoms with Crippen LogP contribution in [-0.4, -0.2) is 30.4 Å². The van der Waals surface area contributed by atoms with Gasteiger partial charge in [-0.3, -0.25) is 4.79 Å². The molecule has 1 unspecified atom stereocenters. The zero-order valence-electron chi connectivity index (χ0n) is 15.5. The van der Waals surface area contributed by atoms with Crippen molar-refractivity contribution in [3.05, 3.63) is 70.8 Å². The van der Waals surface area contributed by atoms with Crippen LogP contribution in [0.25, 0.3) is 0 Å². The van der Waals surface area contributed by atoms with E-state index < -0.39 is 0 Å². The molecule has 1 fully saturated rings. The molecule has 2 aromatic carbocycles. The number of quaternary nitrogens is 1. The zero-order valence-corrected chi connectivity index (χ0v) is 15.5. The van der Waals surface area contributed by atoms with Crippen LogP contribution in [0.5, 0.6) is 0 Å². The Morgan fingerprint density at radius 1 is 0.885 bits per heavy atom. The lowest BCUT2D eigenvalue weighted by Crippen LogP contribution is -3.10. The van der Waals surface area contributed by atoms with Crippen LogP contribution in [0.1, 0.15) is 52.7 Å². The predicted molar refractivity (Wildman–Crippen MR) is 104 cm³/mol. The average Bonchev–Trinajstić information content (AvgIpc) is 2.97. The highest BCUT2D eigenvalue weighted by atomic mass is 16.2. The Kier molecular flexibility index (Phi) is 5.35. The van der Waals surface area contributed by atoms with Crippen molar-refractivity contribution in [1.82, 2.24) is 4.90 Å². The average molecular weight is 349 g/mol. The summed E-state index contributed by atoms with van der Waals surface area (Å²) in [6.07, 6.45) is 5.96. The maximum Gasteiger partial charge on any atom is 0.253 e. The molecule has 26 heavy (non-hydrogen) atoms. The van der Waals surface area contributed by atoms with E-state index in [4.69, 9.17) is 0 Å². The second-order valence-corrected chi connectivity index (χ2v) is 7.78. The van der Waals surface area contributed by atoms with Crippen molar-refractivity contribution in [2.45, 2.75) is 45.2 Å². The van der Waals surface area contributed by atoms with Gasteiger partial charge in [0.15, 0.2) is 0 Å². The molecule has 1 atom stereocenters. The first-order valence-corrected chi connectivity index (χ1v) is 10.1. The molecule has 0 aromatic heterocycles. The smallest absolute Gasteiger partial charge is 0.253 e. The lowest BCUT2D eigenvalue weighted by Gasteiger charge is -2.26. The molecule has 136 valence electrons. The van der Waals surface area contributed by atoms with Gasteiger partial charge in [-0.2, -0.15) is 0 Å². The summed E-state index contributed by atoms with van der Waals surface area (Å²) in [6, 6.07) is 17.2. The fourth-order valence-corrected chi connectivity index (χ4v) is 4.30. The van der Waals surface area contributed by atoms with Crippen LogP contribution in [0.4, 0.5) is 0 Å². The van der Waals surface area contributed by atoms with E-state index in [9.17, 15) is 4.79 Å². The Morgan fingerprint density at radius 2 is 1.58 bits per heavy atom. The molecule has 2 heterocycles. The molecule has 1 saturated heterocycles. The van der Waals surface area contributed by atoms with Gasteiger partial charge in [0.2, 0.25) is 0 Å². The van der Waals surface area contributed by atoms with Gasteiger partial charge in [-0.25, -0.2) is 0 Å². The summed E-state index contributed by atoms with van der Waals surface area (Å²) in [6.45, 7) is 5.15. The number of nitrogens with zero attached hydrogens (tertiary/aromatic N) is 1. The molecule has 4 rings (SSSR count). The summed E-state index contributed by atoms with van der Waals surface area (Å²) >= 11 is 0. The maximum absolute atomic E-state index is 12.7. The van der Waals surface area contributed by atoms with E-state index in [1.165, 1.54) is 36.1 Å². The number of hydrogen-bond acceptors (Lipinski definition) is 1. The largest absolute Gasteiger partial charge is 0.339 e. The first-order chi connectivity index (χ1) is 12.8. The number of benzene rings is 2. The van der Waals surface area contributed by atoms with Crippen molar-refractivity contribution in [2.75, 3.05) is 19.6 Å². The van der Waals surface area contributed by atoms with Crippen LogP contribution >= 0.6 is 0 Å². The topological polar surface area (TPSA) is 24.8 Å². The first kappa shape index (κ1) is 17.3. The van der Waals surface area contributed by atoms with Crippen molar-refractivity contribution < 1.29 is 9.69 Å². The Bertz CT molecular complexity index is 745. The van der Waals surface area contributed by atoms with Gasteiger partial charge in [0, 0.05) is 36.2 Å². The highest BCUT2D eigenvalue weighted by Crippen LogP contribution is 2.15. The number of carbonyl (C=O) groups excluding carboxylic acids is 1. The second-order valence-electron chi connectivity index (χ2n) is 7.78. The van der Waals surface area contributed by atoms with E-state index in [0.29, 0.717) is 0 Å². The molecular formula is C23H29N2O+. The third-order valence-corrected chi connectivity index (χ3v) is 5.86. The molecule has 3 nitrogen and oxygen atoms in total. The summed E-state index contributed by atoms with van der Waals surface area (Å²) in [5.41, 5.74) is 5.16. The van der Waals surface area contributed by atoms with Gasteiger partial charge in [-0.05, 0) is 30.5 Å². The fourth-order valence-electron chi connectivity index (χ4n) is 4.30. The Morgan fingerprint density at radius 3 is 2.31 bits per heavy atom. The van der Waals surface area contributed by atoms with Gasteiger partial charge < -0.3 is 9.80 Å². The Labute approximate surface area is 156 Å². The molecular weight excluding hydrogens is 320 g/mol. The number of carbonyl (C=O) groups is 1. The van der Waals surface area contributed by atoms with Crippen LogP contribution < -0.4 is 4.90 Å². The Hall–Kier alpha value is -2.13. The van der Waals surface area contributed by atoms with Crippen LogP contribution in [0, 0.1) is 0 Å². The molecule has 0 aliphatic carbocycles. The summed E-state index contributed by atoms with van der Waals surface area (Å²) < 4.78 is 0. The highest BCUT2D eigenvalue weighted by Gasteiger charge is 2.20. The maximum atomic E-state index is 12.7. The third-order valence-electron chi connectivity index (χ3n) is 5.86. The minimum Gasteiger partial charge on any atom is -0.339 e. The minimum absolute atomic E-state index is 0.206. The summed E-state index contributed by atoms with van der Waals surface area (Å²) in [4.78, 5) is 16.4. The minimum atomic E-state index is 0.206. The number of nitrogens with one attached hydrogen (secondary N) is 1. The van der Waals surface area contributed by atoms with Crippen molar-refractivity contribution >= 4 is 5.91 Å². The van der Waals surface area contributed by atoms with E-state index in [1.807, 2.05) is 17.0 Å². The van der Waals surface area contributed by atoms with Gasteiger partial charge in [-0.15, -0.1) is 0 Å². The van der Waals surface area contributed by atoms with E-state index in [1.54, 1.807) is 4.90 Å². The molecule has 0 spiro atoms. The highest BCUT2D eigenvalue weighted by molar-refractivity contribution is 5.94. The lowest BCUT2D eigenvalue weighted by atomic mass is 9.99. The van der Waals surface area contributed by atoms with Crippen molar-refractivity contribution in [2.24, 2.45) is 0 Å². The van der Waals surface area contributed by atoms with E-state index in [0.717, 1.165) is 51.0 Å². The third kappa shape index (κ3) is 3.99. The van der Waals surface area contributed by atoms with Gasteiger partial charge in [0.05, 0.1) is 6.54 Å². The number of amides is 1. The van der Waals surface area contributed by atoms with Crippen molar-refractivity contribution in [3.8, 4) is 0 Å². The van der Waals surface area contributed by atoms with Crippen molar-refractivity contribution in [3.63, 3.8) is 0 Å². The molecule has 0 radical (unpaired) electrons. The van der Waals surface area contributed by atoms with Crippen LogP contribution in [0.15, 0.2) is 48.5 Å². The van der Waals surface area contributed by atoms with Crippen LogP contribution in [0.2, 0.25) is 0 Å². The van der Waals surface area contributed by atoms with Crippen LogP contribution in [-0.2, 0) is 19.5 Å². The molecule has 2 aliphatic heterocycles. The molecule has 2 aliphatic rings. The summed E-state index contributed by atoms with van der Waals surface area (Å²) in [5, 5.41) is 0. The SMILES string of the molecule is O=C(c1ccc(C[NH+]2CCc3ccccc3C2)cc1)N1CCCCCC1. The number of rotatable bonds is 3. The number of hydrogen-bond donors (Lipinski definition) is 1. The number of fused-ring (bicyclic) bond motifs is 1. The fraction of sp³-hybridized carbons (Fsp3) is 0.435. The van der Waals surface area contributed by atoms with Gasteiger partial charge >= 0.3 is 0 Å². The van der Waals surface area contributed by atoms with Gasteiger partial charge in [0.1, 0.15) is 13.1 Å². The van der Waals surface area contributed by atoms with E-state index in [2.05, 4.69) is 36.4 Å². The lowest BCUT2D eigenvalue weighted by molar-refractivity contribution is -0.929. The predicted octanol–water partition coefficient (Wildman–Crippen LogP) is 2.84.